The molecule has 0 aliphatic carbocycles. The van der Waals surface area contributed by atoms with Gasteiger partial charge in [0.2, 0.25) is 0 Å². The monoisotopic (exact) mass is 286 g/mol. The van der Waals surface area contributed by atoms with Crippen LogP contribution in [-0.4, -0.2) is 6.61 Å². The van der Waals surface area contributed by atoms with Crippen molar-refractivity contribution in [3.8, 4) is 0 Å². The van der Waals surface area contributed by atoms with Crippen LogP contribution in [0.25, 0.3) is 0 Å². The Balaban J connectivity index is 3.00. The van der Waals surface area contributed by atoms with Crippen LogP contribution in [0.2, 0.25) is 0 Å². The van der Waals surface area contributed by atoms with E-state index in [1.54, 1.807) is 0 Å². The van der Waals surface area contributed by atoms with E-state index in [0.717, 1.165) is 6.61 Å². The third-order valence-electron chi connectivity index (χ3n) is 3.52. The molecule has 1 unspecified atom stereocenters. The summed E-state index contributed by atoms with van der Waals surface area (Å²) in [6, 6.07) is 0. The lowest BCUT2D eigenvalue weighted by atomic mass is 10.1. The Morgan fingerprint density at radius 2 is 1.16 bits per heavy atom. The quantitative estimate of drug-likeness (QED) is 0.191. The Hall–Kier alpha value is 0.130. The maximum atomic E-state index is 4.96. The SMILES string of the molecule is CCCCCCC/C=C\CCCCCCCCOP. The first-order valence-corrected chi connectivity index (χ1v) is 8.85. The van der Waals surface area contributed by atoms with Crippen molar-refractivity contribution in [1.82, 2.24) is 0 Å². The molecule has 0 radical (unpaired) electrons. The average molecular weight is 286 g/mol. The van der Waals surface area contributed by atoms with E-state index in [1.165, 1.54) is 83.5 Å². The lowest BCUT2D eigenvalue weighted by Gasteiger charge is -2.00. The van der Waals surface area contributed by atoms with Crippen molar-refractivity contribution in [2.75, 3.05) is 6.61 Å². The zero-order valence-corrected chi connectivity index (χ0v) is 14.2. The number of rotatable bonds is 15. The second kappa shape index (κ2) is 18.1. The summed E-state index contributed by atoms with van der Waals surface area (Å²) in [5.41, 5.74) is 0. The van der Waals surface area contributed by atoms with E-state index in [-0.39, 0.29) is 0 Å². The smallest absolute Gasteiger partial charge is 0.0501 e. The molecule has 0 heterocycles. The summed E-state index contributed by atoms with van der Waals surface area (Å²) in [5.74, 6) is 0. The molecule has 0 aromatic heterocycles. The minimum Gasteiger partial charge on any atom is -0.366 e. The van der Waals surface area contributed by atoms with Crippen molar-refractivity contribution in [3.05, 3.63) is 12.2 Å². The molecule has 0 bridgehead atoms. The Bertz CT molecular complexity index is 180. The molecular weight excluding hydrogens is 251 g/mol. The molecule has 0 aliphatic heterocycles. The van der Waals surface area contributed by atoms with Crippen LogP contribution >= 0.6 is 9.47 Å². The van der Waals surface area contributed by atoms with E-state index in [0.29, 0.717) is 0 Å². The van der Waals surface area contributed by atoms with Gasteiger partial charge in [-0.25, -0.2) is 0 Å². The summed E-state index contributed by atoms with van der Waals surface area (Å²) in [6.45, 7) is 3.17. The Kier molecular flexibility index (Phi) is 18.3. The number of hydrogen-bond donors (Lipinski definition) is 0. The summed E-state index contributed by atoms with van der Waals surface area (Å²) < 4.78 is 4.96. The van der Waals surface area contributed by atoms with Crippen LogP contribution < -0.4 is 0 Å². The highest BCUT2D eigenvalue weighted by atomic mass is 31.0. The highest BCUT2D eigenvalue weighted by molar-refractivity contribution is 7.09. The third kappa shape index (κ3) is 18.1. The second-order valence-electron chi connectivity index (χ2n) is 5.46. The first-order chi connectivity index (χ1) is 9.41. The van der Waals surface area contributed by atoms with Gasteiger partial charge in [0.05, 0.1) is 6.61 Å². The van der Waals surface area contributed by atoms with Gasteiger partial charge in [-0.15, -0.1) is 0 Å². The molecule has 2 heteroatoms. The summed E-state index contributed by atoms with van der Waals surface area (Å²) in [5, 5.41) is 0. The number of allylic oxidation sites excluding steroid dienone is 2. The molecule has 0 rings (SSSR count). The minimum absolute atomic E-state index is 0.895. The molecule has 19 heavy (non-hydrogen) atoms. The van der Waals surface area contributed by atoms with Gasteiger partial charge in [0, 0.05) is 9.47 Å². The van der Waals surface area contributed by atoms with Crippen molar-refractivity contribution in [3.63, 3.8) is 0 Å². The topological polar surface area (TPSA) is 9.23 Å². The molecule has 0 aromatic rings. The predicted molar refractivity (Wildman–Crippen MR) is 90.5 cm³/mol. The van der Waals surface area contributed by atoms with E-state index in [9.17, 15) is 0 Å². The Labute approximate surface area is 123 Å². The van der Waals surface area contributed by atoms with Crippen molar-refractivity contribution in [1.29, 1.82) is 0 Å². The standard InChI is InChI=1S/C17H35OP/c1-2-3-4-5-6-7-8-9-10-11-12-13-14-15-16-17-18-19/h8-9H,2-7,10-17,19H2,1H3/b9-8-. The number of hydrogen-bond acceptors (Lipinski definition) is 1. The molecule has 0 aromatic carbocycles. The molecule has 0 saturated heterocycles. The van der Waals surface area contributed by atoms with Crippen LogP contribution in [0.1, 0.15) is 90.4 Å². The molecule has 0 spiro atoms. The highest BCUT2D eigenvalue weighted by Gasteiger charge is 1.90. The van der Waals surface area contributed by atoms with Gasteiger partial charge in [0.1, 0.15) is 0 Å². The maximum absolute atomic E-state index is 4.96. The zero-order valence-electron chi connectivity index (χ0n) is 13.0. The van der Waals surface area contributed by atoms with Crippen molar-refractivity contribution in [2.45, 2.75) is 90.4 Å². The van der Waals surface area contributed by atoms with Crippen molar-refractivity contribution >= 4 is 9.47 Å². The first-order valence-electron chi connectivity index (χ1n) is 8.38. The van der Waals surface area contributed by atoms with Crippen LogP contribution in [0.4, 0.5) is 0 Å². The fourth-order valence-corrected chi connectivity index (χ4v) is 2.42. The molecule has 0 N–H and O–H groups in total. The van der Waals surface area contributed by atoms with Gasteiger partial charge in [-0.1, -0.05) is 70.4 Å². The molecule has 114 valence electrons. The summed E-state index contributed by atoms with van der Waals surface area (Å²) in [6.07, 6.45) is 22.4. The molecule has 0 fully saturated rings. The van der Waals surface area contributed by atoms with E-state index in [2.05, 4.69) is 28.5 Å². The fraction of sp³-hybridized carbons (Fsp3) is 0.882. The van der Waals surface area contributed by atoms with Gasteiger partial charge in [-0.3, -0.25) is 0 Å². The molecular formula is C17H35OP. The van der Waals surface area contributed by atoms with E-state index in [4.69, 9.17) is 4.52 Å². The largest absolute Gasteiger partial charge is 0.366 e. The fourth-order valence-electron chi connectivity index (χ4n) is 2.26. The summed E-state index contributed by atoms with van der Waals surface area (Å²) in [4.78, 5) is 0. The van der Waals surface area contributed by atoms with Crippen molar-refractivity contribution < 1.29 is 4.52 Å². The lowest BCUT2D eigenvalue weighted by molar-refractivity contribution is 0.353. The zero-order chi connectivity index (χ0) is 14.0. The molecule has 0 saturated carbocycles. The van der Waals surface area contributed by atoms with Gasteiger partial charge in [0.15, 0.2) is 0 Å². The van der Waals surface area contributed by atoms with Crippen LogP contribution in [0.5, 0.6) is 0 Å². The van der Waals surface area contributed by atoms with Gasteiger partial charge in [0.25, 0.3) is 0 Å². The molecule has 1 atom stereocenters. The number of unbranched alkanes of at least 4 members (excludes halogenated alkanes) is 11. The third-order valence-corrected chi connectivity index (χ3v) is 3.76. The minimum atomic E-state index is 0.895. The maximum Gasteiger partial charge on any atom is 0.0501 e. The molecule has 0 aliphatic rings. The van der Waals surface area contributed by atoms with Crippen molar-refractivity contribution in [2.24, 2.45) is 0 Å². The molecule has 0 amide bonds. The normalized spacial score (nSPS) is 11.5. The van der Waals surface area contributed by atoms with Crippen LogP contribution in [0.3, 0.4) is 0 Å². The van der Waals surface area contributed by atoms with E-state index < -0.39 is 0 Å². The highest BCUT2D eigenvalue weighted by Crippen LogP contribution is 2.09. The lowest BCUT2D eigenvalue weighted by Crippen LogP contribution is -1.84. The second-order valence-corrected chi connectivity index (χ2v) is 5.79. The van der Waals surface area contributed by atoms with Gasteiger partial charge in [-0.05, 0) is 32.1 Å². The molecule has 1 nitrogen and oxygen atoms in total. The van der Waals surface area contributed by atoms with E-state index in [1.807, 2.05) is 0 Å². The van der Waals surface area contributed by atoms with Crippen LogP contribution in [0.15, 0.2) is 12.2 Å². The van der Waals surface area contributed by atoms with Crippen LogP contribution in [0, 0.1) is 0 Å². The van der Waals surface area contributed by atoms with Crippen LogP contribution in [-0.2, 0) is 4.52 Å². The predicted octanol–water partition coefficient (Wildman–Crippen LogP) is 6.44. The van der Waals surface area contributed by atoms with Gasteiger partial charge in [-0.2, -0.15) is 0 Å². The van der Waals surface area contributed by atoms with E-state index >= 15 is 0 Å². The summed E-state index contributed by atoms with van der Waals surface area (Å²) in [7, 11) is 2.32. The summed E-state index contributed by atoms with van der Waals surface area (Å²) >= 11 is 0. The Morgan fingerprint density at radius 3 is 1.68 bits per heavy atom. The average Bonchev–Trinajstić information content (AvgIpc) is 2.43. The Morgan fingerprint density at radius 1 is 0.684 bits per heavy atom. The first kappa shape index (κ1) is 19.1. The van der Waals surface area contributed by atoms with Gasteiger partial charge >= 0.3 is 0 Å². The van der Waals surface area contributed by atoms with Gasteiger partial charge < -0.3 is 4.52 Å².